The average Bonchev–Trinajstić information content (AvgIpc) is 3.17. The van der Waals surface area contributed by atoms with E-state index in [4.69, 9.17) is 9.57 Å². The Morgan fingerprint density at radius 2 is 2.20 bits per heavy atom. The Kier molecular flexibility index (Phi) is 5.10. The molecular weight excluding hydrogens is 342 g/mol. The second-order valence-electron chi connectivity index (χ2n) is 6.85. The maximum atomic E-state index is 12.5. The van der Waals surface area contributed by atoms with E-state index in [-0.39, 0.29) is 23.9 Å². The van der Waals surface area contributed by atoms with Gasteiger partial charge in [-0.2, -0.15) is 0 Å². The zero-order valence-corrected chi connectivity index (χ0v) is 15.4. The highest BCUT2D eigenvalue weighted by molar-refractivity contribution is 7.12. The molecule has 0 bridgehead atoms. The first-order valence-electron chi connectivity index (χ1n) is 8.39. The van der Waals surface area contributed by atoms with Crippen molar-refractivity contribution < 1.29 is 19.2 Å². The standard InChI is InChI=1S/C17H23N3O4S/c1-10(2)18-15(21)12-7-17(24-20-12)9-23-5-4-14(17)19-16(22)13-6-11(3)8-25-13/h6,8,10,14H,4-5,7,9H2,1-3H3,(H,18,21)(H,19,22). The second-order valence-corrected chi connectivity index (χ2v) is 7.77. The number of amides is 2. The fraction of sp³-hybridized carbons (Fsp3) is 0.588. The van der Waals surface area contributed by atoms with Crippen LogP contribution in [0, 0.1) is 6.92 Å². The number of ether oxygens (including phenoxy) is 1. The lowest BCUT2D eigenvalue weighted by Gasteiger charge is -2.38. The Bertz CT molecular complexity index is 700. The second kappa shape index (κ2) is 7.13. The number of thiophene rings is 1. The smallest absolute Gasteiger partial charge is 0.269 e. The SMILES string of the molecule is Cc1csc(C(=O)NC2CCOCC23CC(C(=O)NC(C)C)=NO3)c1. The van der Waals surface area contributed by atoms with Crippen LogP contribution in [0.1, 0.15) is 41.9 Å². The van der Waals surface area contributed by atoms with E-state index in [1.807, 2.05) is 32.2 Å². The number of carbonyl (C=O) groups is 2. The number of nitrogens with one attached hydrogen (secondary N) is 2. The van der Waals surface area contributed by atoms with E-state index in [0.717, 1.165) is 5.56 Å². The minimum atomic E-state index is -0.816. The maximum absolute atomic E-state index is 12.5. The number of hydrogen-bond acceptors (Lipinski definition) is 6. The molecule has 2 atom stereocenters. The highest BCUT2D eigenvalue weighted by Gasteiger charge is 2.50. The Labute approximate surface area is 150 Å². The van der Waals surface area contributed by atoms with Crippen molar-refractivity contribution in [1.82, 2.24) is 10.6 Å². The summed E-state index contributed by atoms with van der Waals surface area (Å²) in [5, 5.41) is 11.8. The normalized spacial score (nSPS) is 25.6. The van der Waals surface area contributed by atoms with Crippen LogP contribution >= 0.6 is 11.3 Å². The molecule has 1 spiro atoms. The quantitative estimate of drug-likeness (QED) is 0.848. The van der Waals surface area contributed by atoms with Crippen molar-refractivity contribution in [1.29, 1.82) is 0 Å². The van der Waals surface area contributed by atoms with E-state index in [1.165, 1.54) is 11.3 Å². The fourth-order valence-corrected chi connectivity index (χ4v) is 3.82. The molecule has 3 heterocycles. The van der Waals surface area contributed by atoms with Gasteiger partial charge in [0.15, 0.2) is 5.60 Å². The summed E-state index contributed by atoms with van der Waals surface area (Å²) in [5.41, 5.74) is 0.583. The van der Waals surface area contributed by atoms with Crippen molar-refractivity contribution >= 4 is 28.9 Å². The molecule has 2 aliphatic rings. The van der Waals surface area contributed by atoms with Crippen LogP contribution in [0.2, 0.25) is 0 Å². The minimum Gasteiger partial charge on any atom is -0.384 e. The molecule has 8 heteroatoms. The van der Waals surface area contributed by atoms with Crippen LogP contribution in [0.3, 0.4) is 0 Å². The van der Waals surface area contributed by atoms with E-state index in [1.54, 1.807) is 0 Å². The van der Waals surface area contributed by atoms with Gasteiger partial charge in [0, 0.05) is 19.1 Å². The van der Waals surface area contributed by atoms with Gasteiger partial charge in [0.05, 0.1) is 17.5 Å². The van der Waals surface area contributed by atoms with E-state index in [2.05, 4.69) is 15.8 Å². The molecule has 0 aromatic carbocycles. The van der Waals surface area contributed by atoms with Gasteiger partial charge in [0.2, 0.25) is 0 Å². The molecule has 0 aliphatic carbocycles. The number of aryl methyl sites for hydroxylation is 1. The fourth-order valence-electron chi connectivity index (χ4n) is 3.02. The van der Waals surface area contributed by atoms with Gasteiger partial charge in [-0.3, -0.25) is 9.59 Å². The third kappa shape index (κ3) is 3.85. The van der Waals surface area contributed by atoms with Crippen molar-refractivity contribution in [2.75, 3.05) is 13.2 Å². The van der Waals surface area contributed by atoms with Crippen molar-refractivity contribution in [2.24, 2.45) is 5.16 Å². The Hall–Kier alpha value is -1.93. The molecule has 7 nitrogen and oxygen atoms in total. The minimum absolute atomic E-state index is 0.0203. The first-order chi connectivity index (χ1) is 11.9. The summed E-state index contributed by atoms with van der Waals surface area (Å²) in [6.45, 7) is 6.56. The molecule has 2 amide bonds. The third-order valence-corrected chi connectivity index (χ3v) is 5.32. The Morgan fingerprint density at radius 3 is 2.88 bits per heavy atom. The molecule has 1 aromatic rings. The molecule has 1 saturated heterocycles. The third-order valence-electron chi connectivity index (χ3n) is 4.28. The summed E-state index contributed by atoms with van der Waals surface area (Å²) in [6.07, 6.45) is 0.935. The molecule has 136 valence electrons. The van der Waals surface area contributed by atoms with Gasteiger partial charge in [-0.15, -0.1) is 11.3 Å². The largest absolute Gasteiger partial charge is 0.384 e. The predicted molar refractivity (Wildman–Crippen MR) is 94.9 cm³/mol. The first kappa shape index (κ1) is 17.9. The molecule has 1 fully saturated rings. The highest BCUT2D eigenvalue weighted by Crippen LogP contribution is 2.33. The van der Waals surface area contributed by atoms with Crippen molar-refractivity contribution in [3.63, 3.8) is 0 Å². The van der Waals surface area contributed by atoms with Crippen molar-refractivity contribution in [3.8, 4) is 0 Å². The molecule has 0 radical (unpaired) electrons. The summed E-state index contributed by atoms with van der Waals surface area (Å²) >= 11 is 1.41. The van der Waals surface area contributed by atoms with Gasteiger partial charge >= 0.3 is 0 Å². The van der Waals surface area contributed by atoms with Gasteiger partial charge in [0.1, 0.15) is 5.71 Å². The highest BCUT2D eigenvalue weighted by atomic mass is 32.1. The van der Waals surface area contributed by atoms with Crippen LogP contribution in [0.4, 0.5) is 0 Å². The van der Waals surface area contributed by atoms with Crippen LogP contribution in [0.15, 0.2) is 16.6 Å². The van der Waals surface area contributed by atoms with E-state index in [9.17, 15) is 9.59 Å². The van der Waals surface area contributed by atoms with Gasteiger partial charge in [-0.25, -0.2) is 0 Å². The predicted octanol–water partition coefficient (Wildman–Crippen LogP) is 1.61. The van der Waals surface area contributed by atoms with Gasteiger partial charge in [-0.1, -0.05) is 5.16 Å². The molecule has 25 heavy (non-hydrogen) atoms. The molecule has 3 rings (SSSR count). The van der Waals surface area contributed by atoms with Crippen LogP contribution in [-0.2, 0) is 14.4 Å². The maximum Gasteiger partial charge on any atom is 0.269 e. The lowest BCUT2D eigenvalue weighted by Crippen LogP contribution is -2.58. The summed E-state index contributed by atoms with van der Waals surface area (Å²) in [4.78, 5) is 31.0. The number of carbonyl (C=O) groups excluding carboxylic acids is 2. The van der Waals surface area contributed by atoms with E-state index >= 15 is 0 Å². The molecule has 2 aliphatic heterocycles. The molecule has 1 aromatic heterocycles. The van der Waals surface area contributed by atoms with Crippen LogP contribution in [-0.4, -0.2) is 48.4 Å². The number of rotatable bonds is 4. The number of nitrogens with zero attached hydrogens (tertiary/aromatic N) is 1. The molecule has 0 saturated carbocycles. The lowest BCUT2D eigenvalue weighted by molar-refractivity contribution is -0.128. The lowest BCUT2D eigenvalue weighted by atomic mass is 9.86. The van der Waals surface area contributed by atoms with E-state index in [0.29, 0.717) is 36.6 Å². The van der Waals surface area contributed by atoms with Crippen LogP contribution in [0.5, 0.6) is 0 Å². The van der Waals surface area contributed by atoms with Gasteiger partial charge in [0.25, 0.3) is 11.8 Å². The number of hydrogen-bond donors (Lipinski definition) is 2. The molecule has 2 N–H and O–H groups in total. The van der Waals surface area contributed by atoms with E-state index < -0.39 is 5.60 Å². The van der Waals surface area contributed by atoms with Gasteiger partial charge < -0.3 is 20.2 Å². The van der Waals surface area contributed by atoms with Crippen LogP contribution in [0.25, 0.3) is 0 Å². The van der Waals surface area contributed by atoms with Gasteiger partial charge in [-0.05, 0) is 44.2 Å². The summed E-state index contributed by atoms with van der Waals surface area (Å²) in [5.74, 6) is -0.371. The monoisotopic (exact) mass is 365 g/mol. The Morgan fingerprint density at radius 1 is 1.40 bits per heavy atom. The zero-order valence-electron chi connectivity index (χ0n) is 14.6. The molecular formula is C17H23N3O4S. The summed E-state index contributed by atoms with van der Waals surface area (Å²) in [7, 11) is 0. The topological polar surface area (TPSA) is 89.0 Å². The zero-order chi connectivity index (χ0) is 18.0. The average molecular weight is 365 g/mol. The Balaban J connectivity index is 1.69. The van der Waals surface area contributed by atoms with Crippen LogP contribution < -0.4 is 10.6 Å². The molecule has 2 unspecified atom stereocenters. The van der Waals surface area contributed by atoms with Crippen molar-refractivity contribution in [2.45, 2.75) is 51.3 Å². The summed E-state index contributed by atoms with van der Waals surface area (Å²) in [6, 6.07) is 1.62. The van der Waals surface area contributed by atoms with Crippen molar-refractivity contribution in [3.05, 3.63) is 21.9 Å². The first-order valence-corrected chi connectivity index (χ1v) is 9.27. The number of oxime groups is 1. The summed E-state index contributed by atoms with van der Waals surface area (Å²) < 4.78 is 5.56.